The molecule has 1 unspecified atom stereocenters. The van der Waals surface area contributed by atoms with E-state index < -0.39 is 0 Å². The average molecular weight is 333 g/mol. The van der Waals surface area contributed by atoms with E-state index in [2.05, 4.69) is 41.2 Å². The Morgan fingerprint density at radius 2 is 2.00 bits per heavy atom. The Labute approximate surface area is 124 Å². The normalized spacial score (nSPS) is 12.7. The first-order valence-corrected chi connectivity index (χ1v) is 8.04. The number of hydrogen-bond donors (Lipinski definition) is 1. The van der Waals surface area contributed by atoms with Crippen LogP contribution in [0.2, 0.25) is 5.02 Å². The fourth-order valence-corrected chi connectivity index (χ4v) is 2.87. The van der Waals surface area contributed by atoms with Crippen LogP contribution in [0.25, 0.3) is 0 Å². The van der Waals surface area contributed by atoms with E-state index in [4.69, 9.17) is 11.6 Å². The molecule has 102 valence electrons. The molecule has 18 heavy (non-hydrogen) atoms. The Kier molecular flexibility index (Phi) is 7.96. The maximum atomic E-state index is 6.10. The van der Waals surface area contributed by atoms with E-state index in [1.54, 1.807) is 0 Å². The minimum atomic E-state index is 0.403. The molecule has 0 aliphatic rings. The predicted octanol–water partition coefficient (Wildman–Crippen LogP) is 5.72. The molecule has 0 fully saturated rings. The van der Waals surface area contributed by atoms with Crippen LogP contribution < -0.4 is 5.32 Å². The molecule has 1 N–H and O–H groups in total. The van der Waals surface area contributed by atoms with Crippen molar-refractivity contribution < 1.29 is 0 Å². The topological polar surface area (TPSA) is 12.0 Å². The molecule has 1 aromatic carbocycles. The summed E-state index contributed by atoms with van der Waals surface area (Å²) in [7, 11) is 0. The third-order valence-electron chi connectivity index (χ3n) is 3.13. The van der Waals surface area contributed by atoms with Gasteiger partial charge in [-0.05, 0) is 36.7 Å². The van der Waals surface area contributed by atoms with E-state index in [1.165, 1.54) is 37.7 Å². The van der Waals surface area contributed by atoms with Gasteiger partial charge in [-0.2, -0.15) is 0 Å². The van der Waals surface area contributed by atoms with Crippen LogP contribution in [-0.2, 0) is 0 Å². The molecule has 0 spiro atoms. The summed E-state index contributed by atoms with van der Waals surface area (Å²) in [4.78, 5) is 0. The average Bonchev–Trinajstić information content (AvgIpc) is 2.36. The van der Waals surface area contributed by atoms with Gasteiger partial charge < -0.3 is 5.32 Å². The lowest BCUT2D eigenvalue weighted by molar-refractivity contribution is 0.480. The summed E-state index contributed by atoms with van der Waals surface area (Å²) in [6.07, 6.45) is 6.37. The molecular formula is C15H23BrClN. The van der Waals surface area contributed by atoms with Crippen molar-refractivity contribution in [1.29, 1.82) is 0 Å². The molecule has 0 radical (unpaired) electrons. The number of nitrogens with one attached hydrogen (secondary N) is 1. The third-order valence-corrected chi connectivity index (χ3v) is 4.09. The van der Waals surface area contributed by atoms with Crippen molar-refractivity contribution in [3.05, 3.63) is 33.3 Å². The fraction of sp³-hybridized carbons (Fsp3) is 0.600. The van der Waals surface area contributed by atoms with E-state index in [0.29, 0.717) is 6.04 Å². The second kappa shape index (κ2) is 8.95. The van der Waals surface area contributed by atoms with Crippen molar-refractivity contribution in [2.45, 2.75) is 52.0 Å². The second-order valence-corrected chi connectivity index (χ2v) is 5.92. The Balaban J connectivity index is 2.67. The van der Waals surface area contributed by atoms with Gasteiger partial charge in [0, 0.05) is 15.5 Å². The second-order valence-electron chi connectivity index (χ2n) is 4.63. The van der Waals surface area contributed by atoms with Crippen LogP contribution in [0.5, 0.6) is 0 Å². The first kappa shape index (κ1) is 16.0. The van der Waals surface area contributed by atoms with E-state index in [-0.39, 0.29) is 0 Å². The zero-order chi connectivity index (χ0) is 13.4. The van der Waals surface area contributed by atoms with Gasteiger partial charge in [0.05, 0.1) is 0 Å². The molecule has 1 atom stereocenters. The van der Waals surface area contributed by atoms with E-state index in [9.17, 15) is 0 Å². The molecule has 0 saturated carbocycles. The van der Waals surface area contributed by atoms with Gasteiger partial charge in [0.25, 0.3) is 0 Å². The number of hydrogen-bond acceptors (Lipinski definition) is 1. The van der Waals surface area contributed by atoms with Crippen molar-refractivity contribution in [2.75, 3.05) is 6.54 Å². The summed E-state index contributed by atoms with van der Waals surface area (Å²) in [6, 6.07) is 6.43. The monoisotopic (exact) mass is 331 g/mol. The summed E-state index contributed by atoms with van der Waals surface area (Å²) in [5.74, 6) is 0. The number of halogens is 2. The van der Waals surface area contributed by atoms with E-state index in [0.717, 1.165) is 16.0 Å². The quantitative estimate of drug-likeness (QED) is 0.600. The van der Waals surface area contributed by atoms with Gasteiger partial charge in [0.15, 0.2) is 0 Å². The molecule has 0 aromatic heterocycles. The van der Waals surface area contributed by atoms with Crippen LogP contribution in [0.4, 0.5) is 0 Å². The zero-order valence-electron chi connectivity index (χ0n) is 11.3. The van der Waals surface area contributed by atoms with Crippen LogP contribution in [0, 0.1) is 0 Å². The number of benzene rings is 1. The third kappa shape index (κ3) is 5.29. The molecule has 0 amide bonds. The van der Waals surface area contributed by atoms with Crippen LogP contribution in [-0.4, -0.2) is 6.54 Å². The van der Waals surface area contributed by atoms with E-state index >= 15 is 0 Å². The standard InChI is InChI=1S/C15H23BrClN/c1-3-5-6-7-8-15(18-4-2)13-11-12(17)9-10-14(13)16/h9-11,15,18H,3-8H2,1-2H3. The summed E-state index contributed by atoms with van der Waals surface area (Å²) in [6.45, 7) is 5.38. The van der Waals surface area contributed by atoms with Gasteiger partial charge in [0.2, 0.25) is 0 Å². The molecule has 0 bridgehead atoms. The van der Waals surface area contributed by atoms with Crippen LogP contribution in [0.1, 0.15) is 57.6 Å². The number of rotatable bonds is 8. The SMILES string of the molecule is CCCCCCC(NCC)c1cc(Cl)ccc1Br. The smallest absolute Gasteiger partial charge is 0.0410 e. The summed E-state index contributed by atoms with van der Waals surface area (Å²) in [5.41, 5.74) is 1.28. The highest BCUT2D eigenvalue weighted by molar-refractivity contribution is 9.10. The molecular weight excluding hydrogens is 310 g/mol. The van der Waals surface area contributed by atoms with Crippen molar-refractivity contribution in [1.82, 2.24) is 5.32 Å². The highest BCUT2D eigenvalue weighted by atomic mass is 79.9. The predicted molar refractivity (Wildman–Crippen MR) is 84.3 cm³/mol. The highest BCUT2D eigenvalue weighted by Gasteiger charge is 2.13. The molecule has 1 aromatic rings. The lowest BCUT2D eigenvalue weighted by Crippen LogP contribution is -2.21. The Hall–Kier alpha value is -0.0500. The molecule has 0 heterocycles. The van der Waals surface area contributed by atoms with Gasteiger partial charge in [-0.3, -0.25) is 0 Å². The molecule has 0 aliphatic carbocycles. The van der Waals surface area contributed by atoms with Gasteiger partial charge in [-0.15, -0.1) is 0 Å². The Morgan fingerprint density at radius 1 is 1.22 bits per heavy atom. The maximum Gasteiger partial charge on any atom is 0.0410 e. The minimum absolute atomic E-state index is 0.403. The maximum absolute atomic E-state index is 6.10. The molecule has 3 heteroatoms. The lowest BCUT2D eigenvalue weighted by Gasteiger charge is -2.20. The summed E-state index contributed by atoms with van der Waals surface area (Å²) < 4.78 is 1.15. The van der Waals surface area contributed by atoms with Crippen molar-refractivity contribution in [3.8, 4) is 0 Å². The van der Waals surface area contributed by atoms with Crippen LogP contribution >= 0.6 is 27.5 Å². The van der Waals surface area contributed by atoms with Crippen molar-refractivity contribution in [3.63, 3.8) is 0 Å². The Bertz CT molecular complexity index is 354. The number of unbranched alkanes of at least 4 members (excludes halogenated alkanes) is 3. The van der Waals surface area contributed by atoms with Gasteiger partial charge in [0.1, 0.15) is 0 Å². The lowest BCUT2D eigenvalue weighted by atomic mass is 10.00. The molecule has 1 nitrogen and oxygen atoms in total. The van der Waals surface area contributed by atoms with Gasteiger partial charge >= 0.3 is 0 Å². The van der Waals surface area contributed by atoms with Crippen molar-refractivity contribution in [2.24, 2.45) is 0 Å². The summed E-state index contributed by atoms with van der Waals surface area (Å²) >= 11 is 9.72. The Morgan fingerprint density at radius 3 is 2.67 bits per heavy atom. The van der Waals surface area contributed by atoms with Gasteiger partial charge in [-0.1, -0.05) is 67.1 Å². The molecule has 0 aliphatic heterocycles. The first-order chi connectivity index (χ1) is 8.69. The molecule has 0 saturated heterocycles. The van der Waals surface area contributed by atoms with Gasteiger partial charge in [-0.25, -0.2) is 0 Å². The van der Waals surface area contributed by atoms with Crippen LogP contribution in [0.15, 0.2) is 22.7 Å². The fourth-order valence-electron chi connectivity index (χ4n) is 2.17. The van der Waals surface area contributed by atoms with Crippen molar-refractivity contribution >= 4 is 27.5 Å². The highest BCUT2D eigenvalue weighted by Crippen LogP contribution is 2.29. The molecule has 1 rings (SSSR count). The largest absolute Gasteiger partial charge is 0.310 e. The van der Waals surface area contributed by atoms with Crippen LogP contribution in [0.3, 0.4) is 0 Å². The summed E-state index contributed by atoms with van der Waals surface area (Å²) in [5, 5.41) is 4.37. The van der Waals surface area contributed by atoms with E-state index in [1.807, 2.05) is 12.1 Å². The minimum Gasteiger partial charge on any atom is -0.310 e. The first-order valence-electron chi connectivity index (χ1n) is 6.87. The zero-order valence-corrected chi connectivity index (χ0v) is 13.6.